The van der Waals surface area contributed by atoms with Crippen molar-refractivity contribution < 1.29 is 4.79 Å². The highest BCUT2D eigenvalue weighted by atomic mass is 16.1. The molecule has 2 nitrogen and oxygen atoms in total. The van der Waals surface area contributed by atoms with Crippen molar-refractivity contribution in [3.63, 3.8) is 0 Å². The molecule has 3 aromatic carbocycles. The molecule has 5 rings (SSSR count). The number of para-hydroxylation sites is 1. The van der Waals surface area contributed by atoms with E-state index in [2.05, 4.69) is 54.8 Å². The highest BCUT2D eigenvalue weighted by molar-refractivity contribution is 6.22. The highest BCUT2D eigenvalue weighted by Crippen LogP contribution is 2.41. The van der Waals surface area contributed by atoms with Crippen LogP contribution in [0.2, 0.25) is 0 Å². The summed E-state index contributed by atoms with van der Waals surface area (Å²) in [7, 11) is 0. The lowest BCUT2D eigenvalue weighted by Crippen LogP contribution is -2.06. The molecule has 1 fully saturated rings. The van der Waals surface area contributed by atoms with Crippen LogP contribution < -0.4 is 0 Å². The molecule has 0 radical (unpaired) electrons. The predicted molar refractivity (Wildman–Crippen MR) is 107 cm³/mol. The van der Waals surface area contributed by atoms with Gasteiger partial charge in [-0.25, -0.2) is 0 Å². The smallest absolute Gasteiger partial charge is 0.196 e. The molecule has 0 atom stereocenters. The maximum absolute atomic E-state index is 13.6. The molecule has 0 N–H and O–H groups in total. The van der Waals surface area contributed by atoms with Crippen molar-refractivity contribution in [2.75, 3.05) is 0 Å². The van der Waals surface area contributed by atoms with Gasteiger partial charge in [0, 0.05) is 28.2 Å². The molecular weight excluding hydrogens is 318 g/mol. The van der Waals surface area contributed by atoms with Gasteiger partial charge in [0.15, 0.2) is 5.78 Å². The van der Waals surface area contributed by atoms with E-state index in [1.54, 1.807) is 0 Å². The summed E-state index contributed by atoms with van der Waals surface area (Å²) in [6.45, 7) is 4.20. The van der Waals surface area contributed by atoms with Crippen LogP contribution in [-0.4, -0.2) is 10.4 Å². The molecule has 1 aliphatic carbocycles. The molecule has 2 heteroatoms. The van der Waals surface area contributed by atoms with Crippen molar-refractivity contribution in [1.29, 1.82) is 0 Å². The Labute approximate surface area is 153 Å². The Morgan fingerprint density at radius 2 is 1.50 bits per heavy atom. The van der Waals surface area contributed by atoms with Crippen LogP contribution in [0.25, 0.3) is 21.7 Å². The third-order valence-corrected chi connectivity index (χ3v) is 5.68. The third-order valence-electron chi connectivity index (χ3n) is 5.68. The molecule has 128 valence electrons. The van der Waals surface area contributed by atoms with Gasteiger partial charge in [-0.05, 0) is 49.1 Å². The van der Waals surface area contributed by atoms with Crippen LogP contribution >= 0.6 is 0 Å². The number of aromatic nitrogens is 1. The van der Waals surface area contributed by atoms with Gasteiger partial charge in [0.2, 0.25) is 0 Å². The second-order valence-electron chi connectivity index (χ2n) is 7.38. The summed E-state index contributed by atoms with van der Waals surface area (Å²) >= 11 is 0. The summed E-state index contributed by atoms with van der Waals surface area (Å²) < 4.78 is 2.37. The first kappa shape index (κ1) is 15.4. The Balaban J connectivity index is 1.79. The molecule has 0 unspecified atom stereocenters. The van der Waals surface area contributed by atoms with E-state index in [1.807, 2.05) is 24.3 Å². The van der Waals surface area contributed by atoms with Crippen molar-refractivity contribution >= 4 is 27.5 Å². The minimum absolute atomic E-state index is 0.134. The molecule has 0 saturated heterocycles. The van der Waals surface area contributed by atoms with Gasteiger partial charge in [-0.15, -0.1) is 0 Å². The summed E-state index contributed by atoms with van der Waals surface area (Å²) in [6, 6.07) is 21.1. The Kier molecular flexibility index (Phi) is 3.30. The normalized spacial score (nSPS) is 14.2. The van der Waals surface area contributed by atoms with E-state index in [-0.39, 0.29) is 5.78 Å². The lowest BCUT2D eigenvalue weighted by Gasteiger charge is -2.09. The molecule has 0 aliphatic heterocycles. The van der Waals surface area contributed by atoms with Crippen molar-refractivity contribution in [3.05, 3.63) is 83.0 Å². The second kappa shape index (κ2) is 5.57. The first-order valence-corrected chi connectivity index (χ1v) is 9.29. The zero-order valence-electron chi connectivity index (χ0n) is 15.1. The van der Waals surface area contributed by atoms with Crippen LogP contribution in [0.15, 0.2) is 60.7 Å². The fourth-order valence-corrected chi connectivity index (χ4v) is 4.26. The number of ketones is 1. The first-order chi connectivity index (χ1) is 12.7. The number of rotatable bonds is 3. The minimum atomic E-state index is 0.134. The van der Waals surface area contributed by atoms with Gasteiger partial charge in [-0.1, -0.05) is 54.6 Å². The Bertz CT molecular complexity index is 1180. The van der Waals surface area contributed by atoms with E-state index in [0.717, 1.165) is 33.0 Å². The van der Waals surface area contributed by atoms with Crippen LogP contribution in [-0.2, 0) is 0 Å². The molecule has 1 aliphatic rings. The summed E-state index contributed by atoms with van der Waals surface area (Å²) in [6.07, 6.45) is 2.42. The van der Waals surface area contributed by atoms with Crippen molar-refractivity contribution in [1.82, 2.24) is 4.57 Å². The molecular formula is C24H21NO. The van der Waals surface area contributed by atoms with Gasteiger partial charge in [-0.3, -0.25) is 4.79 Å². The van der Waals surface area contributed by atoms with Crippen LogP contribution in [0.4, 0.5) is 0 Å². The van der Waals surface area contributed by atoms with Gasteiger partial charge in [-0.2, -0.15) is 0 Å². The van der Waals surface area contributed by atoms with Crippen LogP contribution in [0, 0.1) is 13.8 Å². The molecule has 0 amide bonds. The number of aryl methyl sites for hydroxylation is 1. The van der Waals surface area contributed by atoms with Gasteiger partial charge in [0.05, 0.1) is 5.56 Å². The predicted octanol–water partition coefficient (Wildman–Crippen LogP) is 5.98. The van der Waals surface area contributed by atoms with Crippen molar-refractivity contribution in [2.24, 2.45) is 0 Å². The molecule has 1 saturated carbocycles. The fraction of sp³-hybridized carbons (Fsp3) is 0.208. The number of carbonyl (C=O) groups excluding carboxylic acids is 1. The average Bonchev–Trinajstić information content (AvgIpc) is 3.44. The van der Waals surface area contributed by atoms with Crippen LogP contribution in [0.1, 0.15) is 46.1 Å². The lowest BCUT2D eigenvalue weighted by molar-refractivity contribution is 0.104. The van der Waals surface area contributed by atoms with Gasteiger partial charge in [0.25, 0.3) is 0 Å². The number of hydrogen-bond donors (Lipinski definition) is 0. The van der Waals surface area contributed by atoms with Crippen LogP contribution in [0.5, 0.6) is 0 Å². The van der Waals surface area contributed by atoms with E-state index in [1.165, 1.54) is 23.9 Å². The molecule has 0 bridgehead atoms. The Morgan fingerprint density at radius 3 is 2.23 bits per heavy atom. The zero-order chi connectivity index (χ0) is 17.8. The molecule has 1 aromatic heterocycles. The van der Waals surface area contributed by atoms with E-state index >= 15 is 0 Å². The van der Waals surface area contributed by atoms with E-state index < -0.39 is 0 Å². The summed E-state index contributed by atoms with van der Waals surface area (Å²) in [5.74, 6) is 0.134. The summed E-state index contributed by atoms with van der Waals surface area (Å²) in [4.78, 5) is 13.6. The molecule has 4 aromatic rings. The van der Waals surface area contributed by atoms with Crippen molar-refractivity contribution in [2.45, 2.75) is 32.7 Å². The number of carbonyl (C=O) groups is 1. The van der Waals surface area contributed by atoms with Crippen LogP contribution in [0.3, 0.4) is 0 Å². The summed E-state index contributed by atoms with van der Waals surface area (Å²) in [5.41, 5.74) is 5.15. The third kappa shape index (κ3) is 2.15. The first-order valence-electron chi connectivity index (χ1n) is 9.29. The Hall–Kier alpha value is -2.87. The molecule has 26 heavy (non-hydrogen) atoms. The molecule has 0 spiro atoms. The maximum atomic E-state index is 13.6. The Morgan fingerprint density at radius 1 is 0.846 bits per heavy atom. The number of fused-ring (bicyclic) bond motifs is 2. The van der Waals surface area contributed by atoms with E-state index in [9.17, 15) is 4.79 Å². The fourth-order valence-electron chi connectivity index (χ4n) is 4.26. The van der Waals surface area contributed by atoms with Gasteiger partial charge < -0.3 is 4.57 Å². The molecule has 1 heterocycles. The average molecular weight is 339 g/mol. The van der Waals surface area contributed by atoms with E-state index in [0.29, 0.717) is 6.04 Å². The van der Waals surface area contributed by atoms with Crippen molar-refractivity contribution in [3.8, 4) is 0 Å². The number of nitrogens with zero attached hydrogens (tertiary/aromatic N) is 1. The lowest BCUT2D eigenvalue weighted by atomic mass is 9.93. The SMILES string of the molecule is Cc1ccc(C(=O)c2c(C)n(C3CC3)c3ccccc23)c2ccccc12. The quantitative estimate of drug-likeness (QED) is 0.421. The number of benzene rings is 3. The minimum Gasteiger partial charge on any atom is -0.341 e. The van der Waals surface area contributed by atoms with Gasteiger partial charge >= 0.3 is 0 Å². The zero-order valence-corrected chi connectivity index (χ0v) is 15.1. The number of hydrogen-bond acceptors (Lipinski definition) is 1. The highest BCUT2D eigenvalue weighted by Gasteiger charge is 2.30. The standard InChI is InChI=1S/C24H21NO/c1-15-11-14-20(19-8-4-3-7-18(15)19)24(26)23-16(2)25(17-12-13-17)22-10-6-5-9-21(22)23/h3-11,14,17H,12-13H2,1-2H3. The summed E-state index contributed by atoms with van der Waals surface area (Å²) in [5, 5.41) is 3.27. The monoisotopic (exact) mass is 339 g/mol. The topological polar surface area (TPSA) is 22.0 Å². The van der Waals surface area contributed by atoms with E-state index in [4.69, 9.17) is 0 Å². The van der Waals surface area contributed by atoms with Gasteiger partial charge in [0.1, 0.15) is 0 Å². The maximum Gasteiger partial charge on any atom is 0.196 e. The second-order valence-corrected chi connectivity index (χ2v) is 7.38. The largest absolute Gasteiger partial charge is 0.341 e.